The molecule has 6 heterocycles. The fraction of sp³-hybridized carbons (Fsp3) is 0.524. The molecule has 3 aliphatic heterocycles. The number of nitrogens with zero attached hydrogens (tertiary/aromatic N) is 7. The number of alkyl halides is 3. The van der Waals surface area contributed by atoms with Gasteiger partial charge in [-0.15, -0.1) is 0 Å². The van der Waals surface area contributed by atoms with E-state index in [4.69, 9.17) is 9.72 Å². The van der Waals surface area contributed by atoms with Gasteiger partial charge in [0.05, 0.1) is 24.8 Å². The fourth-order valence-corrected chi connectivity index (χ4v) is 4.98. The van der Waals surface area contributed by atoms with Crippen molar-refractivity contribution in [3.8, 4) is 0 Å². The molecule has 0 N–H and O–H groups in total. The Balaban J connectivity index is 1.20. The molecule has 11 heteroatoms. The zero-order valence-corrected chi connectivity index (χ0v) is 17.3. The average molecular weight is 445 g/mol. The normalized spacial score (nSPS) is 24.1. The van der Waals surface area contributed by atoms with Crippen LogP contribution in [0.5, 0.6) is 0 Å². The van der Waals surface area contributed by atoms with Gasteiger partial charge in [-0.1, -0.05) is 0 Å². The van der Waals surface area contributed by atoms with E-state index in [0.717, 1.165) is 49.6 Å². The largest absolute Gasteiger partial charge is 0.433 e. The molecule has 0 bridgehead atoms. The SMILES string of the molecule is FC(F)(F)c1cc(N2CCC3(CCN(c4ncc5cnn(C6COC6)c5n4)C3)C2)ccn1. The third kappa shape index (κ3) is 3.26. The summed E-state index contributed by atoms with van der Waals surface area (Å²) >= 11 is 0. The van der Waals surface area contributed by atoms with Crippen LogP contribution in [0.15, 0.2) is 30.7 Å². The van der Waals surface area contributed by atoms with Gasteiger partial charge in [0.25, 0.3) is 0 Å². The van der Waals surface area contributed by atoms with Crippen molar-refractivity contribution in [3.63, 3.8) is 0 Å². The standard InChI is InChI=1S/C21H22F3N7O/c22-21(23,24)17-7-15(1-4-25-17)29-5-2-20(12-29)3-6-30(13-20)19-26-8-14-9-27-31(18(14)28-19)16-10-32-11-16/h1,4,7-9,16H,2-3,5-6,10-13H2. The second-order valence-corrected chi connectivity index (χ2v) is 8.97. The van der Waals surface area contributed by atoms with Gasteiger partial charge in [-0.3, -0.25) is 4.98 Å². The molecule has 1 unspecified atom stereocenters. The van der Waals surface area contributed by atoms with Crippen molar-refractivity contribution in [1.29, 1.82) is 0 Å². The lowest BCUT2D eigenvalue weighted by Crippen LogP contribution is -2.32. The number of halogens is 3. The summed E-state index contributed by atoms with van der Waals surface area (Å²) in [6, 6.07) is 3.02. The smallest absolute Gasteiger partial charge is 0.377 e. The van der Waals surface area contributed by atoms with Crippen molar-refractivity contribution in [2.45, 2.75) is 25.1 Å². The van der Waals surface area contributed by atoms with Gasteiger partial charge in [-0.25, -0.2) is 9.67 Å². The van der Waals surface area contributed by atoms with Crippen molar-refractivity contribution in [2.24, 2.45) is 5.41 Å². The number of rotatable bonds is 3. The molecule has 32 heavy (non-hydrogen) atoms. The van der Waals surface area contributed by atoms with E-state index in [0.29, 0.717) is 31.4 Å². The molecule has 0 saturated carbocycles. The highest BCUT2D eigenvalue weighted by Gasteiger charge is 2.44. The summed E-state index contributed by atoms with van der Waals surface area (Å²) in [4.78, 5) is 17.1. The Hall–Kier alpha value is -2.95. The van der Waals surface area contributed by atoms with E-state index in [1.54, 1.807) is 12.3 Å². The maximum atomic E-state index is 13.1. The van der Waals surface area contributed by atoms with E-state index in [1.165, 1.54) is 6.20 Å². The Morgan fingerprint density at radius 3 is 2.56 bits per heavy atom. The van der Waals surface area contributed by atoms with Crippen LogP contribution < -0.4 is 9.80 Å². The van der Waals surface area contributed by atoms with Crippen LogP contribution in [0.4, 0.5) is 24.8 Å². The molecule has 1 atom stereocenters. The number of hydrogen-bond acceptors (Lipinski definition) is 7. The number of anilines is 2. The summed E-state index contributed by atoms with van der Waals surface area (Å²) in [5.74, 6) is 0.679. The Labute approximate surface area is 182 Å². The first-order valence-corrected chi connectivity index (χ1v) is 10.7. The molecule has 0 aromatic carbocycles. The Morgan fingerprint density at radius 2 is 1.81 bits per heavy atom. The maximum absolute atomic E-state index is 13.1. The van der Waals surface area contributed by atoms with Crippen molar-refractivity contribution in [2.75, 3.05) is 49.2 Å². The first-order valence-electron chi connectivity index (χ1n) is 10.7. The second-order valence-electron chi connectivity index (χ2n) is 8.97. The molecule has 1 spiro atoms. The molecule has 3 aliphatic rings. The zero-order chi connectivity index (χ0) is 21.9. The Bertz CT molecular complexity index is 1160. The third-order valence-electron chi connectivity index (χ3n) is 6.85. The summed E-state index contributed by atoms with van der Waals surface area (Å²) in [5, 5.41) is 5.35. The highest BCUT2D eigenvalue weighted by molar-refractivity contribution is 5.75. The molecule has 3 fully saturated rings. The lowest BCUT2D eigenvalue weighted by molar-refractivity contribution is -0.141. The van der Waals surface area contributed by atoms with Gasteiger partial charge in [0.2, 0.25) is 5.95 Å². The van der Waals surface area contributed by atoms with Gasteiger partial charge in [-0.05, 0) is 25.0 Å². The lowest BCUT2D eigenvalue weighted by atomic mass is 9.86. The molecule has 0 aliphatic carbocycles. The number of aromatic nitrogens is 5. The van der Waals surface area contributed by atoms with Gasteiger partial charge in [-0.2, -0.15) is 23.3 Å². The summed E-state index contributed by atoms with van der Waals surface area (Å²) in [5.41, 5.74) is 0.557. The topological polar surface area (TPSA) is 72.2 Å². The van der Waals surface area contributed by atoms with Gasteiger partial charge in [0.1, 0.15) is 11.7 Å². The van der Waals surface area contributed by atoms with Crippen LogP contribution in [0.3, 0.4) is 0 Å². The number of ether oxygens (including phenoxy) is 1. The highest BCUT2D eigenvalue weighted by atomic mass is 19.4. The predicted octanol–water partition coefficient (Wildman–Crippen LogP) is 2.92. The molecule has 3 aromatic heterocycles. The summed E-state index contributed by atoms with van der Waals surface area (Å²) in [7, 11) is 0. The van der Waals surface area contributed by atoms with Crippen LogP contribution in [0, 0.1) is 5.41 Å². The maximum Gasteiger partial charge on any atom is 0.433 e. The van der Waals surface area contributed by atoms with Gasteiger partial charge in [0, 0.05) is 49.7 Å². The molecular formula is C21H22F3N7O. The minimum Gasteiger partial charge on any atom is -0.377 e. The van der Waals surface area contributed by atoms with Crippen LogP contribution in [-0.2, 0) is 10.9 Å². The molecule has 0 radical (unpaired) electrons. The minimum atomic E-state index is -4.44. The Kier molecular flexibility index (Phi) is 4.33. The summed E-state index contributed by atoms with van der Waals surface area (Å²) in [6.45, 7) is 4.33. The second kappa shape index (κ2) is 7.03. The van der Waals surface area contributed by atoms with Gasteiger partial charge in [0.15, 0.2) is 5.65 Å². The van der Waals surface area contributed by atoms with E-state index in [-0.39, 0.29) is 11.5 Å². The predicted molar refractivity (Wildman–Crippen MR) is 111 cm³/mol. The Morgan fingerprint density at radius 1 is 1.03 bits per heavy atom. The number of pyridine rings is 1. The van der Waals surface area contributed by atoms with Crippen molar-refractivity contribution >= 4 is 22.7 Å². The first-order chi connectivity index (χ1) is 15.4. The van der Waals surface area contributed by atoms with Crippen LogP contribution >= 0.6 is 0 Å². The van der Waals surface area contributed by atoms with E-state index in [2.05, 4.69) is 20.0 Å². The monoisotopic (exact) mass is 445 g/mol. The van der Waals surface area contributed by atoms with Crippen LogP contribution in [0.25, 0.3) is 11.0 Å². The van der Waals surface area contributed by atoms with E-state index < -0.39 is 11.9 Å². The molecule has 0 amide bonds. The molecular weight excluding hydrogens is 423 g/mol. The average Bonchev–Trinajstić information content (AvgIpc) is 3.46. The first kappa shape index (κ1) is 19.7. The molecule has 168 valence electrons. The lowest BCUT2D eigenvalue weighted by Gasteiger charge is -2.27. The van der Waals surface area contributed by atoms with Crippen molar-refractivity contribution in [3.05, 3.63) is 36.4 Å². The number of hydrogen-bond donors (Lipinski definition) is 0. The minimum absolute atomic E-state index is 0.0159. The quantitative estimate of drug-likeness (QED) is 0.614. The molecule has 3 saturated heterocycles. The van der Waals surface area contributed by atoms with Crippen molar-refractivity contribution < 1.29 is 17.9 Å². The molecule has 8 nitrogen and oxygen atoms in total. The summed E-state index contributed by atoms with van der Waals surface area (Å²) < 4.78 is 46.4. The van der Waals surface area contributed by atoms with Crippen LogP contribution in [-0.4, -0.2) is 64.1 Å². The highest BCUT2D eigenvalue weighted by Crippen LogP contribution is 2.42. The van der Waals surface area contributed by atoms with Crippen LogP contribution in [0.1, 0.15) is 24.6 Å². The molecule has 6 rings (SSSR count). The van der Waals surface area contributed by atoms with E-state index in [1.807, 2.05) is 15.8 Å². The van der Waals surface area contributed by atoms with Crippen LogP contribution in [0.2, 0.25) is 0 Å². The van der Waals surface area contributed by atoms with E-state index in [9.17, 15) is 13.2 Å². The zero-order valence-electron chi connectivity index (χ0n) is 17.3. The van der Waals surface area contributed by atoms with Crippen molar-refractivity contribution in [1.82, 2.24) is 24.7 Å². The van der Waals surface area contributed by atoms with Gasteiger partial charge >= 0.3 is 6.18 Å². The molecule has 3 aromatic rings. The number of fused-ring (bicyclic) bond motifs is 1. The van der Waals surface area contributed by atoms with E-state index >= 15 is 0 Å². The fourth-order valence-electron chi connectivity index (χ4n) is 4.98. The third-order valence-corrected chi connectivity index (χ3v) is 6.85. The summed E-state index contributed by atoms with van der Waals surface area (Å²) in [6.07, 6.45) is 2.27. The van der Waals surface area contributed by atoms with Gasteiger partial charge < -0.3 is 14.5 Å².